The summed E-state index contributed by atoms with van der Waals surface area (Å²) in [4.78, 5) is 22.2. The Morgan fingerprint density at radius 1 is 1.19 bits per heavy atom. The van der Waals surface area contributed by atoms with E-state index in [-0.39, 0.29) is 5.56 Å². The van der Waals surface area contributed by atoms with Crippen molar-refractivity contribution < 1.29 is 14.1 Å². The second kappa shape index (κ2) is 6.31. The Morgan fingerprint density at radius 2 is 1.81 bits per heavy atom. The number of nitro benzene ring substituents is 1. The molecular weight excluding hydrogens is 411 g/mol. The number of halogens is 3. The predicted molar refractivity (Wildman–Crippen MR) is 82.8 cm³/mol. The van der Waals surface area contributed by atoms with Crippen molar-refractivity contribution in [3.05, 3.63) is 66.8 Å². The molecule has 0 atom stereocenters. The fraction of sp³-hybridized carbons (Fsp3) is 0. The molecule has 0 saturated carbocycles. The molecule has 2 aromatic carbocycles. The average Bonchev–Trinajstić information content (AvgIpc) is 2.39. The molecule has 8 heteroatoms. The number of carbonyl (C=O) groups is 1. The zero-order chi connectivity index (χ0) is 15.6. The van der Waals surface area contributed by atoms with Gasteiger partial charge in [0.1, 0.15) is 0 Å². The van der Waals surface area contributed by atoms with Crippen LogP contribution >= 0.6 is 31.9 Å². The summed E-state index contributed by atoms with van der Waals surface area (Å²) in [6.45, 7) is 0. The lowest BCUT2D eigenvalue weighted by atomic mass is 10.2. The van der Waals surface area contributed by atoms with Gasteiger partial charge in [-0.05, 0) is 24.3 Å². The summed E-state index contributed by atoms with van der Waals surface area (Å²) in [6, 6.07) is 8.13. The second-order valence-corrected chi connectivity index (χ2v) is 5.83. The van der Waals surface area contributed by atoms with Crippen LogP contribution in [0.2, 0.25) is 0 Å². The maximum absolute atomic E-state index is 13.7. The first-order valence-corrected chi connectivity index (χ1v) is 7.17. The third-order valence-electron chi connectivity index (χ3n) is 2.55. The number of benzene rings is 2. The van der Waals surface area contributed by atoms with Crippen molar-refractivity contribution in [3.8, 4) is 0 Å². The van der Waals surface area contributed by atoms with Crippen LogP contribution in [0, 0.1) is 15.9 Å². The van der Waals surface area contributed by atoms with Crippen molar-refractivity contribution in [3.63, 3.8) is 0 Å². The highest BCUT2D eigenvalue weighted by atomic mass is 79.9. The van der Waals surface area contributed by atoms with Crippen molar-refractivity contribution >= 4 is 49.1 Å². The maximum atomic E-state index is 13.7. The van der Waals surface area contributed by atoms with Crippen LogP contribution in [0.15, 0.2) is 45.3 Å². The second-order valence-electron chi connectivity index (χ2n) is 4.00. The Labute approximate surface area is 135 Å². The van der Waals surface area contributed by atoms with Gasteiger partial charge in [-0.25, -0.2) is 4.39 Å². The van der Waals surface area contributed by atoms with Crippen LogP contribution in [0.25, 0.3) is 0 Å². The van der Waals surface area contributed by atoms with E-state index in [0.717, 1.165) is 12.1 Å². The van der Waals surface area contributed by atoms with E-state index in [4.69, 9.17) is 0 Å². The molecule has 21 heavy (non-hydrogen) atoms. The van der Waals surface area contributed by atoms with Gasteiger partial charge in [0, 0.05) is 20.6 Å². The van der Waals surface area contributed by atoms with Gasteiger partial charge in [-0.3, -0.25) is 14.9 Å². The number of anilines is 1. The van der Waals surface area contributed by atoms with E-state index in [9.17, 15) is 19.3 Å². The number of rotatable bonds is 3. The van der Waals surface area contributed by atoms with Gasteiger partial charge in [0.05, 0.1) is 4.92 Å². The molecule has 0 aliphatic rings. The number of nitro groups is 1. The summed E-state index contributed by atoms with van der Waals surface area (Å²) in [6.07, 6.45) is 0. The molecule has 0 unspecified atom stereocenters. The minimum atomic E-state index is -0.869. The molecule has 1 amide bonds. The van der Waals surface area contributed by atoms with E-state index < -0.39 is 28.0 Å². The van der Waals surface area contributed by atoms with Gasteiger partial charge in [-0.15, -0.1) is 0 Å². The normalized spacial score (nSPS) is 10.2. The Morgan fingerprint density at radius 3 is 2.38 bits per heavy atom. The fourth-order valence-electron chi connectivity index (χ4n) is 1.66. The van der Waals surface area contributed by atoms with E-state index in [1.54, 1.807) is 6.07 Å². The molecule has 0 radical (unpaired) electrons. The number of nitrogens with zero attached hydrogens (tertiary/aromatic N) is 1. The van der Waals surface area contributed by atoms with E-state index >= 15 is 0 Å². The quantitative estimate of drug-likeness (QED) is 0.589. The molecule has 2 aromatic rings. The molecule has 108 valence electrons. The van der Waals surface area contributed by atoms with Gasteiger partial charge in [0.15, 0.2) is 11.5 Å². The summed E-state index contributed by atoms with van der Waals surface area (Å²) in [5.41, 5.74) is -0.727. The number of amides is 1. The van der Waals surface area contributed by atoms with Crippen LogP contribution in [0.5, 0.6) is 0 Å². The van der Waals surface area contributed by atoms with Crippen LogP contribution in [-0.4, -0.2) is 10.8 Å². The summed E-state index contributed by atoms with van der Waals surface area (Å²) >= 11 is 6.45. The zero-order valence-electron chi connectivity index (χ0n) is 10.3. The predicted octanol–water partition coefficient (Wildman–Crippen LogP) is 4.51. The number of nitrogens with one attached hydrogen (secondary N) is 1. The number of hydrogen-bond acceptors (Lipinski definition) is 3. The van der Waals surface area contributed by atoms with Crippen LogP contribution in [0.3, 0.4) is 0 Å². The lowest BCUT2D eigenvalue weighted by Crippen LogP contribution is -2.14. The molecule has 0 fully saturated rings. The van der Waals surface area contributed by atoms with Crippen molar-refractivity contribution in [1.29, 1.82) is 0 Å². The summed E-state index contributed by atoms with van der Waals surface area (Å²) in [5, 5.41) is 13.1. The average molecular weight is 418 g/mol. The van der Waals surface area contributed by atoms with Crippen molar-refractivity contribution in [2.24, 2.45) is 0 Å². The largest absolute Gasteiger partial charge is 0.314 e. The van der Waals surface area contributed by atoms with Crippen LogP contribution < -0.4 is 5.32 Å². The Hall–Kier alpha value is -1.80. The van der Waals surface area contributed by atoms with Gasteiger partial charge in [-0.1, -0.05) is 37.9 Å². The molecule has 0 aliphatic carbocycles. The first-order valence-electron chi connectivity index (χ1n) is 5.59. The lowest BCUT2D eigenvalue weighted by Gasteiger charge is -2.08. The monoisotopic (exact) mass is 416 g/mol. The topological polar surface area (TPSA) is 72.2 Å². The third-order valence-corrected chi connectivity index (χ3v) is 3.47. The SMILES string of the molecule is O=C(Nc1c(F)cccc1[N+](=O)[O-])c1cc(Br)cc(Br)c1. The zero-order valence-corrected chi connectivity index (χ0v) is 13.4. The maximum Gasteiger partial charge on any atom is 0.295 e. The molecule has 0 aromatic heterocycles. The molecule has 5 nitrogen and oxygen atoms in total. The Balaban J connectivity index is 2.38. The van der Waals surface area contributed by atoms with Crippen LogP contribution in [-0.2, 0) is 0 Å². The first-order chi connectivity index (χ1) is 9.88. The summed E-state index contributed by atoms with van der Waals surface area (Å²) in [7, 11) is 0. The van der Waals surface area contributed by atoms with Crippen LogP contribution in [0.4, 0.5) is 15.8 Å². The summed E-state index contributed by atoms with van der Waals surface area (Å²) in [5.74, 6) is -1.52. The molecule has 0 saturated heterocycles. The van der Waals surface area contributed by atoms with Crippen molar-refractivity contribution in [1.82, 2.24) is 0 Å². The standard InChI is InChI=1S/C13H7Br2FN2O3/c14-8-4-7(5-9(15)6-8)13(19)17-12-10(16)2-1-3-11(12)18(20)21/h1-6H,(H,17,19). The molecule has 0 spiro atoms. The highest BCUT2D eigenvalue weighted by Gasteiger charge is 2.20. The van der Waals surface area contributed by atoms with Crippen molar-refractivity contribution in [2.45, 2.75) is 0 Å². The fourth-order valence-corrected chi connectivity index (χ4v) is 2.95. The summed E-state index contributed by atoms with van der Waals surface area (Å²) < 4.78 is 15.0. The highest BCUT2D eigenvalue weighted by molar-refractivity contribution is 9.11. The minimum Gasteiger partial charge on any atom is -0.314 e. The Kier molecular flexibility index (Phi) is 4.69. The highest BCUT2D eigenvalue weighted by Crippen LogP contribution is 2.28. The van der Waals surface area contributed by atoms with Gasteiger partial charge in [-0.2, -0.15) is 0 Å². The van der Waals surface area contributed by atoms with Crippen molar-refractivity contribution in [2.75, 3.05) is 5.32 Å². The van der Waals surface area contributed by atoms with Gasteiger partial charge >= 0.3 is 0 Å². The van der Waals surface area contributed by atoms with Crippen LogP contribution in [0.1, 0.15) is 10.4 Å². The minimum absolute atomic E-state index is 0.230. The van der Waals surface area contributed by atoms with E-state index in [1.165, 1.54) is 18.2 Å². The van der Waals surface area contributed by atoms with E-state index in [2.05, 4.69) is 37.2 Å². The van der Waals surface area contributed by atoms with E-state index in [1.807, 2.05) is 0 Å². The van der Waals surface area contributed by atoms with Gasteiger partial charge in [0.25, 0.3) is 11.6 Å². The number of para-hydroxylation sites is 1. The molecule has 2 rings (SSSR count). The van der Waals surface area contributed by atoms with E-state index in [0.29, 0.717) is 8.95 Å². The van der Waals surface area contributed by atoms with Gasteiger partial charge < -0.3 is 5.32 Å². The molecule has 1 N–H and O–H groups in total. The molecule has 0 bridgehead atoms. The molecular formula is C13H7Br2FN2O3. The molecule has 0 aliphatic heterocycles. The number of carbonyl (C=O) groups excluding carboxylic acids is 1. The van der Waals surface area contributed by atoms with Gasteiger partial charge in [0.2, 0.25) is 0 Å². The Bertz CT molecular complexity index is 717. The smallest absolute Gasteiger partial charge is 0.295 e. The first kappa shape index (κ1) is 15.6. The lowest BCUT2D eigenvalue weighted by molar-refractivity contribution is -0.384. The molecule has 0 heterocycles. The third kappa shape index (κ3) is 3.64. The number of hydrogen-bond donors (Lipinski definition) is 1.